The highest BCUT2D eigenvalue weighted by Gasteiger charge is 2.37. The fourth-order valence-electron chi connectivity index (χ4n) is 6.03. The molecule has 16 heteroatoms. The smallest absolute Gasteiger partial charge is 0.299 e. The SMILES string of the molecule is CC1CCCCCCCCCCC/C1=C/[C@@H](O)C(CNC1C=C(CO)[C@@H](O)C(O)[C@H]1O)Nc1ccc([N+](=O)[O-])cc1[N+](=O)[O-].S.S.S. The van der Waals surface area contributed by atoms with Crippen molar-refractivity contribution in [2.45, 2.75) is 114 Å². The molecular formula is C31H54N4O9S3. The minimum atomic E-state index is -1.56. The Morgan fingerprint density at radius 3 is 2.09 bits per heavy atom. The quantitative estimate of drug-likeness (QED) is 0.105. The van der Waals surface area contributed by atoms with Gasteiger partial charge in [-0.05, 0) is 36.8 Å². The van der Waals surface area contributed by atoms with E-state index in [-0.39, 0.29) is 64.2 Å². The largest absolute Gasteiger partial charge is 0.392 e. The second-order valence-corrected chi connectivity index (χ2v) is 12.1. The number of aliphatic hydroxyl groups excluding tert-OH is 5. The average Bonchev–Trinajstić information content (AvgIpc) is 3.02. The molecule has 7 atom stereocenters. The summed E-state index contributed by atoms with van der Waals surface area (Å²) in [6.45, 7) is 1.55. The molecular weight excluding hydrogens is 669 g/mol. The van der Waals surface area contributed by atoms with Crippen LogP contribution in [-0.2, 0) is 0 Å². The lowest BCUT2D eigenvalue weighted by Gasteiger charge is -2.36. The van der Waals surface area contributed by atoms with Crippen molar-refractivity contribution in [2.75, 3.05) is 18.5 Å². The fourth-order valence-corrected chi connectivity index (χ4v) is 6.03. The highest BCUT2D eigenvalue weighted by Crippen LogP contribution is 2.31. The van der Waals surface area contributed by atoms with Crippen molar-refractivity contribution < 1.29 is 35.4 Å². The zero-order valence-corrected chi connectivity index (χ0v) is 29.9. The number of nitro groups is 2. The first-order valence-corrected chi connectivity index (χ1v) is 15.7. The Morgan fingerprint density at radius 1 is 0.915 bits per heavy atom. The first-order chi connectivity index (χ1) is 21.0. The normalized spacial score (nSPS) is 26.3. The maximum absolute atomic E-state index is 11.8. The molecule has 0 radical (unpaired) electrons. The Balaban J connectivity index is 0.00000705. The summed E-state index contributed by atoms with van der Waals surface area (Å²) in [5, 5.41) is 81.3. The fraction of sp³-hybridized carbons (Fsp3) is 0.677. The van der Waals surface area contributed by atoms with Crippen LogP contribution in [0.1, 0.15) is 77.6 Å². The van der Waals surface area contributed by atoms with Gasteiger partial charge in [-0.3, -0.25) is 20.2 Å². The van der Waals surface area contributed by atoms with E-state index in [0.717, 1.165) is 62.7 Å². The monoisotopic (exact) mass is 722 g/mol. The van der Waals surface area contributed by atoms with Gasteiger partial charge in [-0.25, -0.2) is 0 Å². The molecule has 2 aliphatic carbocycles. The van der Waals surface area contributed by atoms with E-state index in [1.54, 1.807) is 6.08 Å². The lowest BCUT2D eigenvalue weighted by Crippen LogP contribution is -2.56. The van der Waals surface area contributed by atoms with Crippen molar-refractivity contribution in [1.82, 2.24) is 5.32 Å². The number of non-ortho nitro benzene ring substituents is 1. The summed E-state index contributed by atoms with van der Waals surface area (Å²) in [6.07, 6.45) is 9.84. The average molecular weight is 723 g/mol. The van der Waals surface area contributed by atoms with E-state index < -0.39 is 64.3 Å². The number of anilines is 1. The number of nitro benzene ring substituents is 2. The molecule has 0 heterocycles. The third-order valence-electron chi connectivity index (χ3n) is 8.83. The minimum absolute atomic E-state index is 0. The molecule has 1 saturated carbocycles. The molecule has 1 fully saturated rings. The van der Waals surface area contributed by atoms with E-state index in [0.29, 0.717) is 0 Å². The summed E-state index contributed by atoms with van der Waals surface area (Å²) in [5.41, 5.74) is 0.214. The standard InChI is InChI=1S/C31H48N4O9.3H2S/c1-20-11-9-7-5-3-2-4-6-8-10-12-21(20)16-28(37)26(18-32-25-15-22(19-36)29(38)31(40)30(25)39)33-24-14-13-23(34(41)42)17-27(24)35(43)44;;;/h13-17,20,25-26,28-33,36-40H,2-12,18-19H2,1H3;3*1H2/b21-16-;;;/t20?,25?,26?,28-,29-,30+,31?;;;/m1.../s1. The van der Waals surface area contributed by atoms with Crippen LogP contribution in [0.2, 0.25) is 0 Å². The van der Waals surface area contributed by atoms with Crippen molar-refractivity contribution in [3.05, 3.63) is 61.7 Å². The van der Waals surface area contributed by atoms with Gasteiger partial charge in [0.2, 0.25) is 0 Å². The molecule has 13 nitrogen and oxygen atoms in total. The summed E-state index contributed by atoms with van der Waals surface area (Å²) in [5.74, 6) is 0.222. The van der Waals surface area contributed by atoms with Gasteiger partial charge in [-0.1, -0.05) is 76.0 Å². The van der Waals surface area contributed by atoms with Crippen molar-refractivity contribution in [2.24, 2.45) is 5.92 Å². The van der Waals surface area contributed by atoms with Crippen LogP contribution in [0, 0.1) is 26.1 Å². The van der Waals surface area contributed by atoms with E-state index in [2.05, 4.69) is 17.6 Å². The van der Waals surface area contributed by atoms with Crippen LogP contribution in [0.4, 0.5) is 17.1 Å². The highest BCUT2D eigenvalue weighted by molar-refractivity contribution is 7.59. The lowest BCUT2D eigenvalue weighted by molar-refractivity contribution is -0.393. The Hall–Kier alpha value is -1.89. The molecule has 7 N–H and O–H groups in total. The third-order valence-corrected chi connectivity index (χ3v) is 8.83. The highest BCUT2D eigenvalue weighted by atomic mass is 32.1. The molecule has 4 unspecified atom stereocenters. The lowest BCUT2D eigenvalue weighted by atomic mass is 9.87. The summed E-state index contributed by atoms with van der Waals surface area (Å²) >= 11 is 0. The molecule has 3 rings (SSSR count). The summed E-state index contributed by atoms with van der Waals surface area (Å²) in [6, 6.07) is 1.41. The second-order valence-electron chi connectivity index (χ2n) is 12.1. The van der Waals surface area contributed by atoms with Crippen molar-refractivity contribution >= 4 is 57.5 Å². The molecule has 0 aliphatic heterocycles. The molecule has 270 valence electrons. The molecule has 0 amide bonds. The van der Waals surface area contributed by atoms with Crippen LogP contribution in [-0.4, -0.2) is 85.0 Å². The Morgan fingerprint density at radius 2 is 1.51 bits per heavy atom. The number of allylic oxidation sites excluding steroid dienone is 1. The zero-order chi connectivity index (χ0) is 32.2. The number of hydrogen-bond donors (Lipinski definition) is 7. The minimum Gasteiger partial charge on any atom is -0.392 e. The summed E-state index contributed by atoms with van der Waals surface area (Å²) in [7, 11) is 0. The second kappa shape index (κ2) is 22.7. The van der Waals surface area contributed by atoms with E-state index >= 15 is 0 Å². The number of hydrogen-bond acceptors (Lipinski definition) is 11. The summed E-state index contributed by atoms with van der Waals surface area (Å²) in [4.78, 5) is 21.6. The molecule has 1 aromatic rings. The predicted octanol–water partition coefficient (Wildman–Crippen LogP) is 3.82. The van der Waals surface area contributed by atoms with Crippen molar-refractivity contribution in [3.63, 3.8) is 0 Å². The Labute approximate surface area is 297 Å². The number of rotatable bonds is 10. The van der Waals surface area contributed by atoms with E-state index in [1.807, 2.05) is 0 Å². The first-order valence-electron chi connectivity index (χ1n) is 15.7. The van der Waals surface area contributed by atoms with Crippen LogP contribution in [0.15, 0.2) is 41.5 Å². The van der Waals surface area contributed by atoms with Gasteiger partial charge in [0.05, 0.1) is 40.7 Å². The van der Waals surface area contributed by atoms with Gasteiger partial charge in [-0.2, -0.15) is 40.5 Å². The molecule has 0 spiro atoms. The van der Waals surface area contributed by atoms with E-state index in [4.69, 9.17) is 0 Å². The van der Waals surface area contributed by atoms with E-state index in [9.17, 15) is 45.8 Å². The maximum atomic E-state index is 11.8. The van der Waals surface area contributed by atoms with Gasteiger partial charge in [0.1, 0.15) is 24.0 Å². The molecule has 0 bridgehead atoms. The maximum Gasteiger partial charge on any atom is 0.299 e. The van der Waals surface area contributed by atoms with Gasteiger partial charge in [0.15, 0.2) is 0 Å². The van der Waals surface area contributed by atoms with Crippen LogP contribution < -0.4 is 10.6 Å². The zero-order valence-electron chi connectivity index (χ0n) is 26.9. The van der Waals surface area contributed by atoms with Gasteiger partial charge in [0.25, 0.3) is 11.4 Å². The Bertz CT molecular complexity index is 1180. The van der Waals surface area contributed by atoms with Crippen LogP contribution in [0.5, 0.6) is 0 Å². The third kappa shape index (κ3) is 13.5. The molecule has 0 aromatic heterocycles. The van der Waals surface area contributed by atoms with E-state index in [1.165, 1.54) is 37.8 Å². The molecule has 2 aliphatic rings. The van der Waals surface area contributed by atoms with Gasteiger partial charge in [-0.15, -0.1) is 0 Å². The number of nitrogens with zero attached hydrogens (tertiary/aromatic N) is 2. The molecule has 1 aromatic carbocycles. The van der Waals surface area contributed by atoms with Gasteiger partial charge in [0, 0.05) is 12.6 Å². The number of nitrogens with one attached hydrogen (secondary N) is 2. The molecule has 47 heavy (non-hydrogen) atoms. The Kier molecular flexibility index (Phi) is 21.8. The van der Waals surface area contributed by atoms with Crippen LogP contribution in [0.25, 0.3) is 0 Å². The van der Waals surface area contributed by atoms with Crippen molar-refractivity contribution in [1.29, 1.82) is 0 Å². The number of aliphatic hydroxyl groups is 5. The topological polar surface area (TPSA) is 211 Å². The number of benzene rings is 1. The molecule has 0 saturated heterocycles. The van der Waals surface area contributed by atoms with Crippen LogP contribution in [0.3, 0.4) is 0 Å². The van der Waals surface area contributed by atoms with Crippen molar-refractivity contribution in [3.8, 4) is 0 Å². The predicted molar refractivity (Wildman–Crippen MR) is 197 cm³/mol. The van der Waals surface area contributed by atoms with Gasteiger partial charge < -0.3 is 36.2 Å². The summed E-state index contributed by atoms with van der Waals surface area (Å²) < 4.78 is 0. The van der Waals surface area contributed by atoms with Gasteiger partial charge >= 0.3 is 0 Å². The first kappa shape index (κ1) is 45.1. The van der Waals surface area contributed by atoms with Crippen LogP contribution >= 0.6 is 40.5 Å².